The number of nitrogens with one attached hydrogen (secondary N) is 1. The van der Waals surface area contributed by atoms with Crippen LogP contribution in [-0.2, 0) is 11.3 Å². The first kappa shape index (κ1) is 18.2. The first-order valence-electron chi connectivity index (χ1n) is 8.52. The number of nitrogens with zero attached hydrogens (tertiary/aromatic N) is 1. The van der Waals surface area contributed by atoms with Gasteiger partial charge in [0.1, 0.15) is 6.04 Å². The van der Waals surface area contributed by atoms with Crippen LogP contribution in [0.2, 0.25) is 0 Å². The van der Waals surface area contributed by atoms with E-state index in [1.165, 1.54) is 16.3 Å². The zero-order chi connectivity index (χ0) is 17.4. The lowest BCUT2D eigenvalue weighted by molar-refractivity contribution is -0.119. The van der Waals surface area contributed by atoms with Gasteiger partial charge in [-0.3, -0.25) is 4.79 Å². The second kappa shape index (κ2) is 7.36. The van der Waals surface area contributed by atoms with E-state index in [9.17, 15) is 4.79 Å². The topological polar surface area (TPSA) is 58.4 Å². The number of carbonyl (C=O) groups is 1. The van der Waals surface area contributed by atoms with Crippen molar-refractivity contribution in [2.24, 2.45) is 5.73 Å². The molecule has 0 unspecified atom stereocenters. The van der Waals surface area contributed by atoms with Gasteiger partial charge in [-0.25, -0.2) is 0 Å². The molecule has 0 aliphatic carbocycles. The van der Waals surface area contributed by atoms with Gasteiger partial charge in [-0.15, -0.1) is 12.4 Å². The van der Waals surface area contributed by atoms with Gasteiger partial charge in [0.05, 0.1) is 17.9 Å². The normalized spacial score (nSPS) is 16.5. The van der Waals surface area contributed by atoms with Crippen molar-refractivity contribution < 1.29 is 4.79 Å². The molecule has 1 heterocycles. The Labute approximate surface area is 159 Å². The maximum Gasteiger partial charge on any atom is 0.246 e. The summed E-state index contributed by atoms with van der Waals surface area (Å²) in [6.07, 6.45) is 0. The van der Waals surface area contributed by atoms with Crippen molar-refractivity contribution in [1.29, 1.82) is 0 Å². The molecule has 0 aromatic heterocycles. The SMILES string of the molecule is Cc1ccc2ccccc2c1CN1C(=O)[C@@H](N)CNc2ccccc21.Cl. The second-order valence-electron chi connectivity index (χ2n) is 6.51. The summed E-state index contributed by atoms with van der Waals surface area (Å²) in [5.41, 5.74) is 10.3. The highest BCUT2D eigenvalue weighted by Gasteiger charge is 2.28. The molecule has 4 nitrogen and oxygen atoms in total. The van der Waals surface area contributed by atoms with Crippen LogP contribution < -0.4 is 16.0 Å². The predicted octanol–water partition coefficient (Wildman–Crippen LogP) is 3.86. The van der Waals surface area contributed by atoms with Crippen molar-refractivity contribution in [2.75, 3.05) is 16.8 Å². The zero-order valence-corrected chi connectivity index (χ0v) is 15.4. The average Bonchev–Trinajstić information content (AvgIpc) is 2.76. The summed E-state index contributed by atoms with van der Waals surface area (Å²) in [4.78, 5) is 14.7. The molecule has 5 heteroatoms. The van der Waals surface area contributed by atoms with E-state index in [4.69, 9.17) is 5.73 Å². The van der Waals surface area contributed by atoms with E-state index < -0.39 is 6.04 Å². The molecular formula is C21H22ClN3O. The lowest BCUT2D eigenvalue weighted by Gasteiger charge is -2.25. The average molecular weight is 368 g/mol. The Morgan fingerprint density at radius 1 is 1.08 bits per heavy atom. The molecule has 1 amide bonds. The van der Waals surface area contributed by atoms with Gasteiger partial charge < -0.3 is 16.0 Å². The molecule has 1 atom stereocenters. The predicted molar refractivity (Wildman–Crippen MR) is 110 cm³/mol. The Morgan fingerprint density at radius 2 is 1.81 bits per heavy atom. The molecule has 4 rings (SSSR count). The minimum absolute atomic E-state index is 0. The third-order valence-corrected chi connectivity index (χ3v) is 4.88. The summed E-state index contributed by atoms with van der Waals surface area (Å²) >= 11 is 0. The quantitative estimate of drug-likeness (QED) is 0.723. The highest BCUT2D eigenvalue weighted by molar-refractivity contribution is 6.02. The maximum atomic E-state index is 12.9. The fourth-order valence-electron chi connectivity index (χ4n) is 3.46. The van der Waals surface area contributed by atoms with Crippen LogP contribution >= 0.6 is 12.4 Å². The minimum Gasteiger partial charge on any atom is -0.381 e. The molecule has 0 saturated carbocycles. The van der Waals surface area contributed by atoms with Crippen LogP contribution in [-0.4, -0.2) is 18.5 Å². The molecule has 3 aromatic carbocycles. The summed E-state index contributed by atoms with van der Waals surface area (Å²) in [7, 11) is 0. The summed E-state index contributed by atoms with van der Waals surface area (Å²) in [6, 6.07) is 19.9. The summed E-state index contributed by atoms with van der Waals surface area (Å²) in [6.45, 7) is 3.05. The zero-order valence-electron chi connectivity index (χ0n) is 14.6. The van der Waals surface area contributed by atoms with Gasteiger partial charge in [0.15, 0.2) is 0 Å². The van der Waals surface area contributed by atoms with E-state index in [0.29, 0.717) is 13.1 Å². The van der Waals surface area contributed by atoms with Gasteiger partial charge in [-0.2, -0.15) is 0 Å². The van der Waals surface area contributed by atoms with E-state index in [0.717, 1.165) is 16.9 Å². The number of fused-ring (bicyclic) bond motifs is 2. The number of benzene rings is 3. The number of rotatable bonds is 2. The maximum absolute atomic E-state index is 12.9. The number of nitrogens with two attached hydrogens (primary N) is 1. The summed E-state index contributed by atoms with van der Waals surface area (Å²) in [5.74, 6) is -0.0511. The molecule has 1 aliphatic rings. The van der Waals surface area contributed by atoms with E-state index in [-0.39, 0.29) is 18.3 Å². The molecule has 134 valence electrons. The largest absolute Gasteiger partial charge is 0.381 e. The van der Waals surface area contributed by atoms with Crippen molar-refractivity contribution >= 4 is 40.5 Å². The molecule has 3 N–H and O–H groups in total. The monoisotopic (exact) mass is 367 g/mol. The highest BCUT2D eigenvalue weighted by atomic mass is 35.5. The third kappa shape index (κ3) is 3.14. The van der Waals surface area contributed by atoms with Crippen LogP contribution in [0.3, 0.4) is 0 Å². The Kier molecular flexibility index (Phi) is 5.16. The molecule has 0 bridgehead atoms. The number of para-hydroxylation sites is 2. The van der Waals surface area contributed by atoms with E-state index in [2.05, 4.69) is 36.5 Å². The molecule has 0 saturated heterocycles. The molecule has 0 spiro atoms. The second-order valence-corrected chi connectivity index (χ2v) is 6.51. The fraction of sp³-hybridized carbons (Fsp3) is 0.190. The molecule has 26 heavy (non-hydrogen) atoms. The van der Waals surface area contributed by atoms with Crippen molar-refractivity contribution in [1.82, 2.24) is 0 Å². The number of amides is 1. The van der Waals surface area contributed by atoms with Crippen molar-refractivity contribution in [3.05, 3.63) is 71.8 Å². The van der Waals surface area contributed by atoms with Gasteiger partial charge in [0, 0.05) is 6.54 Å². The van der Waals surface area contributed by atoms with Crippen molar-refractivity contribution in [3.8, 4) is 0 Å². The van der Waals surface area contributed by atoms with E-state index in [1.54, 1.807) is 0 Å². The van der Waals surface area contributed by atoms with Crippen LogP contribution in [0.15, 0.2) is 60.7 Å². The van der Waals surface area contributed by atoms with Crippen LogP contribution in [0.25, 0.3) is 10.8 Å². The Balaban J connectivity index is 0.00000196. The van der Waals surface area contributed by atoms with Crippen molar-refractivity contribution in [2.45, 2.75) is 19.5 Å². The number of carbonyl (C=O) groups excluding carboxylic acids is 1. The van der Waals surface area contributed by atoms with Crippen molar-refractivity contribution in [3.63, 3.8) is 0 Å². The lowest BCUT2D eigenvalue weighted by Crippen LogP contribution is -2.45. The van der Waals surface area contributed by atoms with Gasteiger partial charge in [-0.1, -0.05) is 48.5 Å². The molecule has 1 aliphatic heterocycles. The standard InChI is InChI=1S/C21H21N3O.ClH/c1-14-10-11-15-6-2-3-7-16(15)17(14)13-24-20-9-5-4-8-19(20)23-12-18(22)21(24)25;/h2-11,18,23H,12-13,22H2,1H3;1H/t18-;/m0./s1. The number of anilines is 2. The van der Waals surface area contributed by atoms with Crippen LogP contribution in [0, 0.1) is 6.92 Å². The number of hydrogen-bond acceptors (Lipinski definition) is 3. The highest BCUT2D eigenvalue weighted by Crippen LogP contribution is 2.32. The molecule has 0 fully saturated rings. The van der Waals surface area contributed by atoms with Crippen LogP contribution in [0.1, 0.15) is 11.1 Å². The lowest BCUT2D eigenvalue weighted by atomic mass is 9.99. The Bertz CT molecular complexity index is 957. The van der Waals surface area contributed by atoms with Gasteiger partial charge in [0.2, 0.25) is 5.91 Å². The first-order chi connectivity index (χ1) is 12.1. The number of aryl methyl sites for hydroxylation is 1. The van der Waals surface area contributed by atoms with E-state index in [1.807, 2.05) is 41.3 Å². The molecular weight excluding hydrogens is 346 g/mol. The van der Waals surface area contributed by atoms with E-state index >= 15 is 0 Å². The fourth-order valence-corrected chi connectivity index (χ4v) is 3.46. The Hall–Kier alpha value is -2.56. The van der Waals surface area contributed by atoms with Crippen LogP contribution in [0.4, 0.5) is 11.4 Å². The van der Waals surface area contributed by atoms with Gasteiger partial charge in [-0.05, 0) is 41.0 Å². The first-order valence-corrected chi connectivity index (χ1v) is 8.52. The summed E-state index contributed by atoms with van der Waals surface area (Å²) < 4.78 is 0. The minimum atomic E-state index is -0.553. The molecule has 3 aromatic rings. The third-order valence-electron chi connectivity index (χ3n) is 4.88. The van der Waals surface area contributed by atoms with Gasteiger partial charge >= 0.3 is 0 Å². The Morgan fingerprint density at radius 3 is 2.65 bits per heavy atom. The molecule has 0 radical (unpaired) electrons. The number of hydrogen-bond donors (Lipinski definition) is 2. The number of halogens is 1. The smallest absolute Gasteiger partial charge is 0.246 e. The van der Waals surface area contributed by atoms with Gasteiger partial charge in [0.25, 0.3) is 0 Å². The van der Waals surface area contributed by atoms with Crippen LogP contribution in [0.5, 0.6) is 0 Å². The summed E-state index contributed by atoms with van der Waals surface area (Å²) in [5, 5.41) is 5.65.